The Kier molecular flexibility index (Phi) is 7.12. The number of nitrogens with zero attached hydrogens (tertiary/aromatic N) is 3. The molecular weight excluding hydrogens is 522 g/mol. The fourth-order valence-electron chi connectivity index (χ4n) is 3.91. The van der Waals surface area contributed by atoms with E-state index in [9.17, 15) is 32.9 Å². The summed E-state index contributed by atoms with van der Waals surface area (Å²) in [6, 6.07) is 11.9. The highest BCUT2D eigenvalue weighted by Crippen LogP contribution is 2.38. The summed E-state index contributed by atoms with van der Waals surface area (Å²) < 4.78 is 37.1. The van der Waals surface area contributed by atoms with Gasteiger partial charge in [-0.15, -0.1) is 0 Å². The topological polar surface area (TPSA) is 187 Å². The van der Waals surface area contributed by atoms with E-state index in [-0.39, 0.29) is 22.6 Å². The van der Waals surface area contributed by atoms with Gasteiger partial charge in [0.2, 0.25) is 9.84 Å². The fraction of sp³-hybridized carbons (Fsp3) is 0.217. The lowest BCUT2D eigenvalue weighted by Gasteiger charge is -2.48. The van der Waals surface area contributed by atoms with E-state index in [1.807, 2.05) is 0 Å². The number of para-hydroxylation sites is 1. The van der Waals surface area contributed by atoms with Gasteiger partial charge in [0.05, 0.1) is 17.7 Å². The first kappa shape index (κ1) is 26.3. The zero-order chi connectivity index (χ0) is 27.6. The maximum absolute atomic E-state index is 13.5. The normalized spacial score (nSPS) is 20.7. The van der Waals surface area contributed by atoms with Gasteiger partial charge in [-0.25, -0.2) is 13.2 Å². The number of nitro benzene ring substituents is 1. The summed E-state index contributed by atoms with van der Waals surface area (Å²) in [6.45, 7) is 0.797. The average Bonchev–Trinajstić information content (AvgIpc) is 2.90. The number of nitro groups is 1. The van der Waals surface area contributed by atoms with Crippen LogP contribution in [-0.2, 0) is 29.0 Å². The van der Waals surface area contributed by atoms with Crippen LogP contribution in [0.2, 0.25) is 0 Å². The van der Waals surface area contributed by atoms with Crippen LogP contribution < -0.4 is 15.5 Å². The van der Waals surface area contributed by atoms with Crippen molar-refractivity contribution in [3.05, 3.63) is 76.0 Å². The van der Waals surface area contributed by atoms with Gasteiger partial charge in [-0.3, -0.25) is 30.0 Å². The molecule has 0 saturated carbocycles. The van der Waals surface area contributed by atoms with Crippen LogP contribution in [0.1, 0.15) is 6.92 Å². The second-order valence-corrected chi connectivity index (χ2v) is 10.0. The van der Waals surface area contributed by atoms with Gasteiger partial charge in [0.1, 0.15) is 17.5 Å². The van der Waals surface area contributed by atoms with Crippen molar-refractivity contribution < 1.29 is 37.2 Å². The molecule has 0 bridgehead atoms. The molecule has 2 aromatic rings. The number of hydrogen-bond acceptors (Lipinski definition) is 11. The number of carbonyl (C=O) groups is 3. The molecule has 2 aromatic carbocycles. The Morgan fingerprint density at radius 3 is 2.39 bits per heavy atom. The molecule has 2 aliphatic rings. The number of fused-ring (bicyclic) bond motifs is 1. The van der Waals surface area contributed by atoms with Gasteiger partial charge in [-0.2, -0.15) is 5.10 Å². The monoisotopic (exact) mass is 543 g/mol. The van der Waals surface area contributed by atoms with Crippen molar-refractivity contribution in [1.29, 1.82) is 0 Å². The number of rotatable bonds is 8. The summed E-state index contributed by atoms with van der Waals surface area (Å²) in [7, 11) is -3.35. The number of hydrazone groups is 1. The Bertz CT molecular complexity index is 1470. The average molecular weight is 544 g/mol. The number of amides is 2. The van der Waals surface area contributed by atoms with Crippen LogP contribution in [-0.4, -0.2) is 66.2 Å². The van der Waals surface area contributed by atoms with Crippen LogP contribution in [0, 0.1) is 10.1 Å². The third kappa shape index (κ3) is 4.78. The highest BCUT2D eigenvalue weighted by molar-refractivity contribution is 8.07. The summed E-state index contributed by atoms with van der Waals surface area (Å²) in [6.07, 6.45) is 0. The Hall–Kier alpha value is -4.79. The summed E-state index contributed by atoms with van der Waals surface area (Å²) in [4.78, 5) is 48.9. The molecule has 2 amide bonds. The van der Waals surface area contributed by atoms with Crippen LogP contribution in [0.4, 0.5) is 11.4 Å². The molecule has 0 radical (unpaired) electrons. The van der Waals surface area contributed by atoms with Crippen molar-refractivity contribution in [2.24, 2.45) is 5.10 Å². The van der Waals surface area contributed by atoms with E-state index in [2.05, 4.69) is 15.8 Å². The molecular formula is C23H21N5O9S. The first-order valence-electron chi connectivity index (χ1n) is 11.0. The highest BCUT2D eigenvalue weighted by atomic mass is 32.2. The molecule has 0 aromatic heterocycles. The van der Waals surface area contributed by atoms with E-state index in [0.29, 0.717) is 5.75 Å². The second-order valence-electron chi connectivity index (χ2n) is 8.09. The first-order chi connectivity index (χ1) is 18.1. The predicted molar refractivity (Wildman–Crippen MR) is 132 cm³/mol. The van der Waals surface area contributed by atoms with Gasteiger partial charge in [-0.1, -0.05) is 18.2 Å². The molecule has 14 nitrogen and oxygen atoms in total. The number of sulfone groups is 1. The first-order valence-corrected chi connectivity index (χ1v) is 12.5. The van der Waals surface area contributed by atoms with E-state index in [1.54, 1.807) is 30.3 Å². The van der Waals surface area contributed by atoms with Crippen LogP contribution in [0.15, 0.2) is 71.0 Å². The van der Waals surface area contributed by atoms with E-state index in [0.717, 1.165) is 12.0 Å². The molecule has 0 spiro atoms. The van der Waals surface area contributed by atoms with Crippen LogP contribution in [0.5, 0.6) is 5.75 Å². The van der Waals surface area contributed by atoms with Crippen molar-refractivity contribution in [2.75, 3.05) is 19.1 Å². The number of non-ortho nitro benzene ring substituents is 1. The van der Waals surface area contributed by atoms with Crippen molar-refractivity contribution in [3.8, 4) is 5.75 Å². The number of β-lactam (4-membered cyclic amide) rings is 1. The second kappa shape index (κ2) is 10.3. The predicted octanol–water partition coefficient (Wildman–Crippen LogP) is 0.928. The Morgan fingerprint density at radius 1 is 1.13 bits per heavy atom. The van der Waals surface area contributed by atoms with Gasteiger partial charge in [0, 0.05) is 17.7 Å². The highest BCUT2D eigenvalue weighted by Gasteiger charge is 2.62. The standard InChI is InChI=1S/C23H21N5O9S/c1-13-19(23(31)36-2)27-21(30)18(24-17(29)12-37-16-6-4-3-5-7-16)22(27)38(34,35)20(13)26-25-14-8-10-15(11-9-14)28(32)33/h3-11,18,22,25H,12H2,1-2H3,(H,24,29)/b26-20-/t18-,22-/m1/s1. The minimum absolute atomic E-state index is 0.159. The molecule has 2 aliphatic heterocycles. The molecule has 2 atom stereocenters. The lowest BCUT2D eigenvalue weighted by Crippen LogP contribution is -2.75. The summed E-state index contributed by atoms with van der Waals surface area (Å²) >= 11 is 0. The van der Waals surface area contributed by atoms with Crippen LogP contribution >= 0.6 is 0 Å². The van der Waals surface area contributed by atoms with Crippen molar-refractivity contribution in [2.45, 2.75) is 18.3 Å². The van der Waals surface area contributed by atoms with E-state index in [4.69, 9.17) is 9.47 Å². The molecule has 15 heteroatoms. The number of carbonyl (C=O) groups excluding carboxylic acids is 3. The van der Waals surface area contributed by atoms with Gasteiger partial charge in [0.15, 0.2) is 17.0 Å². The maximum atomic E-state index is 13.5. The zero-order valence-corrected chi connectivity index (χ0v) is 20.8. The third-order valence-electron chi connectivity index (χ3n) is 5.72. The molecule has 198 valence electrons. The van der Waals surface area contributed by atoms with Gasteiger partial charge in [0.25, 0.3) is 17.5 Å². The van der Waals surface area contributed by atoms with E-state index < -0.39 is 55.6 Å². The van der Waals surface area contributed by atoms with Crippen LogP contribution in [0.3, 0.4) is 0 Å². The van der Waals surface area contributed by atoms with E-state index >= 15 is 0 Å². The summed E-state index contributed by atoms with van der Waals surface area (Å²) in [5.41, 5.74) is 2.04. The third-order valence-corrected chi connectivity index (χ3v) is 7.78. The minimum atomic E-state index is -4.41. The molecule has 1 saturated heterocycles. The van der Waals surface area contributed by atoms with Gasteiger partial charge in [-0.05, 0) is 31.2 Å². The largest absolute Gasteiger partial charge is 0.484 e. The van der Waals surface area contributed by atoms with Crippen molar-refractivity contribution in [1.82, 2.24) is 10.2 Å². The Balaban J connectivity index is 1.61. The SMILES string of the molecule is COC(=O)C1=C(C)/C(=N/Nc2ccc([N+](=O)[O-])cc2)S(=O)(=O)[C@@H]2[C@H](NC(=O)COc3ccccc3)C(=O)N12. The fourth-order valence-corrected chi connectivity index (χ4v) is 5.87. The lowest BCUT2D eigenvalue weighted by molar-refractivity contribution is -0.384. The molecule has 38 heavy (non-hydrogen) atoms. The Morgan fingerprint density at radius 2 is 1.79 bits per heavy atom. The number of nitrogens with one attached hydrogen (secondary N) is 2. The molecule has 1 fully saturated rings. The Labute approximate surface area is 216 Å². The van der Waals surface area contributed by atoms with Crippen molar-refractivity contribution in [3.63, 3.8) is 0 Å². The number of hydrogen-bond donors (Lipinski definition) is 2. The van der Waals surface area contributed by atoms with Gasteiger partial charge < -0.3 is 14.8 Å². The zero-order valence-electron chi connectivity index (χ0n) is 20.0. The number of ether oxygens (including phenoxy) is 2. The minimum Gasteiger partial charge on any atom is -0.484 e. The maximum Gasteiger partial charge on any atom is 0.355 e. The summed E-state index contributed by atoms with van der Waals surface area (Å²) in [5.74, 6) is -2.16. The molecule has 4 rings (SSSR count). The molecule has 2 N–H and O–H groups in total. The number of methoxy groups -OCH3 is 1. The number of benzene rings is 2. The molecule has 0 aliphatic carbocycles. The molecule has 2 heterocycles. The smallest absolute Gasteiger partial charge is 0.355 e. The van der Waals surface area contributed by atoms with Crippen LogP contribution in [0.25, 0.3) is 0 Å². The van der Waals surface area contributed by atoms with E-state index in [1.165, 1.54) is 31.2 Å². The number of anilines is 1. The molecule has 0 unspecified atom stereocenters. The quantitative estimate of drug-likeness (QED) is 0.210. The van der Waals surface area contributed by atoms with Crippen molar-refractivity contribution >= 4 is 44.0 Å². The summed E-state index contributed by atoms with van der Waals surface area (Å²) in [5, 5.41) is 14.9. The van der Waals surface area contributed by atoms with Gasteiger partial charge >= 0.3 is 5.97 Å². The lowest BCUT2D eigenvalue weighted by atomic mass is 10.0. The number of esters is 1.